The maximum atomic E-state index is 11.6. The summed E-state index contributed by atoms with van der Waals surface area (Å²) in [5.41, 5.74) is 0.303. The number of hydrogen-bond acceptors (Lipinski definition) is 3. The Hall–Kier alpha value is -0.610. The van der Waals surface area contributed by atoms with Crippen molar-refractivity contribution in [1.29, 1.82) is 0 Å². The molecule has 4 aliphatic rings. The van der Waals surface area contributed by atoms with Gasteiger partial charge in [0.2, 0.25) is 0 Å². The van der Waals surface area contributed by atoms with Gasteiger partial charge in [0.05, 0.1) is 18.1 Å². The molecular formula is C27H46O4. The zero-order valence-corrected chi connectivity index (χ0v) is 20.2. The Balaban J connectivity index is 1.47. The average molecular weight is 435 g/mol. The largest absolute Gasteiger partial charge is 0.481 e. The second-order valence-corrected chi connectivity index (χ2v) is 12.5. The first-order valence-electron chi connectivity index (χ1n) is 13.2. The molecule has 4 aliphatic carbocycles. The lowest BCUT2D eigenvalue weighted by atomic mass is 9.43. The van der Waals surface area contributed by atoms with Crippen LogP contribution in [0.5, 0.6) is 0 Å². The molecule has 0 aliphatic heterocycles. The Labute approximate surface area is 189 Å². The van der Waals surface area contributed by atoms with Crippen LogP contribution in [0.1, 0.15) is 98.3 Å². The molecule has 11 atom stereocenters. The van der Waals surface area contributed by atoms with Gasteiger partial charge in [0.25, 0.3) is 0 Å². The van der Waals surface area contributed by atoms with Crippen molar-refractivity contribution in [3.8, 4) is 0 Å². The van der Waals surface area contributed by atoms with Crippen LogP contribution in [0.2, 0.25) is 0 Å². The van der Waals surface area contributed by atoms with Crippen molar-refractivity contribution in [2.75, 3.05) is 0 Å². The highest BCUT2D eigenvalue weighted by Gasteiger charge is 2.63. The molecule has 0 bridgehead atoms. The van der Waals surface area contributed by atoms with Crippen LogP contribution in [0.3, 0.4) is 0 Å². The number of carboxylic acids is 1. The molecule has 0 saturated heterocycles. The molecule has 0 spiro atoms. The van der Waals surface area contributed by atoms with Gasteiger partial charge in [0.1, 0.15) is 0 Å². The average Bonchev–Trinajstić information content (AvgIpc) is 3.08. The Morgan fingerprint density at radius 3 is 2.42 bits per heavy atom. The minimum Gasteiger partial charge on any atom is -0.481 e. The highest BCUT2D eigenvalue weighted by Crippen LogP contribution is 2.68. The van der Waals surface area contributed by atoms with Gasteiger partial charge in [-0.1, -0.05) is 40.5 Å². The van der Waals surface area contributed by atoms with Crippen LogP contribution in [0.15, 0.2) is 0 Å². The molecule has 0 aromatic rings. The Bertz CT molecular complexity index is 664. The first-order valence-corrected chi connectivity index (χ1v) is 13.2. The highest BCUT2D eigenvalue weighted by molar-refractivity contribution is 5.69. The molecule has 4 nitrogen and oxygen atoms in total. The van der Waals surface area contributed by atoms with Gasteiger partial charge in [-0.3, -0.25) is 4.79 Å². The van der Waals surface area contributed by atoms with E-state index in [4.69, 9.17) is 5.11 Å². The second kappa shape index (κ2) is 8.63. The van der Waals surface area contributed by atoms with Crippen LogP contribution in [0, 0.1) is 52.3 Å². The molecule has 31 heavy (non-hydrogen) atoms. The molecule has 3 N–H and O–H groups in total. The molecule has 4 heteroatoms. The smallest absolute Gasteiger partial charge is 0.306 e. The number of rotatable bonds is 6. The Morgan fingerprint density at radius 1 is 0.968 bits per heavy atom. The van der Waals surface area contributed by atoms with Gasteiger partial charge in [0.15, 0.2) is 0 Å². The van der Waals surface area contributed by atoms with Crippen LogP contribution in [0.4, 0.5) is 0 Å². The van der Waals surface area contributed by atoms with E-state index in [0.29, 0.717) is 35.0 Å². The fourth-order valence-corrected chi connectivity index (χ4v) is 9.23. The molecule has 4 fully saturated rings. The third kappa shape index (κ3) is 3.88. The minimum absolute atomic E-state index is 0.0103. The minimum atomic E-state index is -0.686. The quantitative estimate of drug-likeness (QED) is 0.515. The molecule has 178 valence electrons. The Kier molecular flexibility index (Phi) is 6.55. The summed E-state index contributed by atoms with van der Waals surface area (Å²) in [4.78, 5) is 11.1. The number of aliphatic hydroxyl groups is 2. The summed E-state index contributed by atoms with van der Waals surface area (Å²) in [6, 6.07) is 0. The van der Waals surface area contributed by atoms with Crippen LogP contribution in [-0.2, 0) is 4.79 Å². The lowest BCUT2D eigenvalue weighted by molar-refractivity contribution is -0.174. The zero-order valence-electron chi connectivity index (χ0n) is 20.2. The maximum absolute atomic E-state index is 11.6. The fraction of sp³-hybridized carbons (Fsp3) is 0.963. The molecule has 1 unspecified atom stereocenters. The third-order valence-electron chi connectivity index (χ3n) is 11.2. The summed E-state index contributed by atoms with van der Waals surface area (Å²) in [7, 11) is 0. The summed E-state index contributed by atoms with van der Waals surface area (Å²) in [6.07, 6.45) is 11.4. The van der Waals surface area contributed by atoms with E-state index >= 15 is 0 Å². The molecule has 4 saturated carbocycles. The van der Waals surface area contributed by atoms with Gasteiger partial charge in [0, 0.05) is 0 Å². The second-order valence-electron chi connectivity index (χ2n) is 12.5. The van der Waals surface area contributed by atoms with E-state index in [0.717, 1.165) is 50.9 Å². The first kappa shape index (κ1) is 23.5. The van der Waals surface area contributed by atoms with E-state index < -0.39 is 5.97 Å². The normalized spacial score (nSPS) is 48.9. The number of fused-ring (bicyclic) bond motifs is 5. The summed E-state index contributed by atoms with van der Waals surface area (Å²) >= 11 is 0. The van der Waals surface area contributed by atoms with E-state index in [1.807, 2.05) is 6.92 Å². The standard InChI is InChI=1S/C27H46O4/c1-16(6-5-7-17(2)25(30)31)21-10-11-22-20-9-8-18-14-19(28)12-13-26(18,3)23(20)15-24(29)27(21,22)4/h16-24,28-29H,5-15H2,1-4H3,(H,30,31)/t16-,17?,18-,19-,20+,21-,22+,23+,24+,26+,27-/m1/s1. The number of hydrogen-bond donors (Lipinski definition) is 3. The SMILES string of the molecule is CC(CCC[C@@H](C)[C@H]1CC[C@H]2[C@@H]3CC[C@@H]4C[C@H](O)CC[C@]4(C)[C@H]3C[C@H](O)[C@]12C)C(=O)O. The van der Waals surface area contributed by atoms with Gasteiger partial charge < -0.3 is 15.3 Å². The van der Waals surface area contributed by atoms with Crippen molar-refractivity contribution in [2.24, 2.45) is 52.3 Å². The summed E-state index contributed by atoms with van der Waals surface area (Å²) in [5, 5.41) is 31.0. The molecule has 0 amide bonds. The highest BCUT2D eigenvalue weighted by atomic mass is 16.4. The predicted molar refractivity (Wildman–Crippen MR) is 122 cm³/mol. The van der Waals surface area contributed by atoms with Gasteiger partial charge >= 0.3 is 5.97 Å². The molecule has 0 heterocycles. The van der Waals surface area contributed by atoms with Crippen LogP contribution in [-0.4, -0.2) is 33.5 Å². The van der Waals surface area contributed by atoms with Crippen LogP contribution >= 0.6 is 0 Å². The van der Waals surface area contributed by atoms with Gasteiger partial charge in [-0.05, 0) is 104 Å². The summed E-state index contributed by atoms with van der Waals surface area (Å²) < 4.78 is 0. The van der Waals surface area contributed by atoms with Crippen molar-refractivity contribution in [1.82, 2.24) is 0 Å². The molecule has 0 radical (unpaired) electrons. The van der Waals surface area contributed by atoms with E-state index in [2.05, 4.69) is 20.8 Å². The molecule has 0 aromatic carbocycles. The number of aliphatic carboxylic acids is 1. The summed E-state index contributed by atoms with van der Waals surface area (Å²) in [6.45, 7) is 9.04. The molecular weight excluding hydrogens is 388 g/mol. The monoisotopic (exact) mass is 434 g/mol. The fourth-order valence-electron chi connectivity index (χ4n) is 9.23. The number of carbonyl (C=O) groups is 1. The predicted octanol–water partition coefficient (Wildman–Crippen LogP) is 5.50. The zero-order chi connectivity index (χ0) is 22.6. The van der Waals surface area contributed by atoms with Crippen molar-refractivity contribution in [3.63, 3.8) is 0 Å². The van der Waals surface area contributed by atoms with Gasteiger partial charge in [-0.15, -0.1) is 0 Å². The van der Waals surface area contributed by atoms with E-state index in [1.54, 1.807) is 0 Å². The number of aliphatic hydroxyl groups excluding tert-OH is 2. The number of carboxylic acid groups (broad SMARTS) is 1. The van der Waals surface area contributed by atoms with Crippen molar-refractivity contribution >= 4 is 5.97 Å². The van der Waals surface area contributed by atoms with E-state index in [1.165, 1.54) is 25.7 Å². The Morgan fingerprint density at radius 2 is 1.71 bits per heavy atom. The van der Waals surface area contributed by atoms with Crippen molar-refractivity contribution < 1.29 is 20.1 Å². The van der Waals surface area contributed by atoms with Crippen molar-refractivity contribution in [2.45, 2.75) is 111 Å². The first-order chi connectivity index (χ1) is 14.6. The lowest BCUT2D eigenvalue weighted by Gasteiger charge is -2.62. The van der Waals surface area contributed by atoms with Crippen LogP contribution in [0.25, 0.3) is 0 Å². The third-order valence-corrected chi connectivity index (χ3v) is 11.2. The maximum Gasteiger partial charge on any atom is 0.306 e. The van der Waals surface area contributed by atoms with Crippen LogP contribution < -0.4 is 0 Å². The lowest BCUT2D eigenvalue weighted by Crippen LogP contribution is -2.58. The van der Waals surface area contributed by atoms with Gasteiger partial charge in [-0.25, -0.2) is 0 Å². The molecule has 0 aromatic heterocycles. The van der Waals surface area contributed by atoms with E-state index in [-0.39, 0.29) is 23.5 Å². The molecule has 4 rings (SSSR count). The van der Waals surface area contributed by atoms with Crippen molar-refractivity contribution in [3.05, 3.63) is 0 Å². The topological polar surface area (TPSA) is 77.8 Å². The van der Waals surface area contributed by atoms with Gasteiger partial charge in [-0.2, -0.15) is 0 Å². The van der Waals surface area contributed by atoms with E-state index in [9.17, 15) is 15.0 Å². The summed E-state index contributed by atoms with van der Waals surface area (Å²) in [5.74, 6) is 2.73.